The predicted molar refractivity (Wildman–Crippen MR) is 100 cm³/mol. The Hall–Kier alpha value is -2.27. The Bertz CT molecular complexity index is 1010. The molecule has 6 N–H and O–H groups in total. The number of hydrogen-bond donors (Lipinski definition) is 5. The molecule has 0 saturated carbocycles. The molecule has 0 radical (unpaired) electrons. The second kappa shape index (κ2) is 7.28. The molecule has 0 spiro atoms. The first kappa shape index (κ1) is 19.1. The highest BCUT2D eigenvalue weighted by atomic mass is 35.5. The maximum Gasteiger partial charge on any atom is 0.164 e. The molecular formula is C18H19ClN4O5. The van der Waals surface area contributed by atoms with Crippen LogP contribution in [0.1, 0.15) is 23.5 Å². The van der Waals surface area contributed by atoms with Crippen molar-refractivity contribution in [2.75, 3.05) is 5.73 Å². The first-order valence-corrected chi connectivity index (χ1v) is 8.96. The van der Waals surface area contributed by atoms with Gasteiger partial charge in [-0.1, -0.05) is 17.7 Å². The summed E-state index contributed by atoms with van der Waals surface area (Å²) in [6.07, 6.45) is -3.22. The van der Waals surface area contributed by atoms with Crippen molar-refractivity contribution >= 4 is 28.5 Å². The Balaban J connectivity index is 1.67. The Morgan fingerprint density at radius 3 is 2.75 bits per heavy atom. The van der Waals surface area contributed by atoms with Gasteiger partial charge in [0.15, 0.2) is 6.23 Å². The lowest BCUT2D eigenvalue weighted by Crippen LogP contribution is -2.35. The summed E-state index contributed by atoms with van der Waals surface area (Å²) in [4.78, 5) is 8.08. The molecule has 1 saturated heterocycles. The summed E-state index contributed by atoms with van der Waals surface area (Å²) in [6.45, 7) is -0.347. The molecule has 0 bridgehead atoms. The zero-order chi connectivity index (χ0) is 20.0. The second-order valence-electron chi connectivity index (χ2n) is 6.64. The van der Waals surface area contributed by atoms with Crippen molar-refractivity contribution in [3.63, 3.8) is 0 Å². The quantitative estimate of drug-likeness (QED) is 0.421. The first-order valence-electron chi connectivity index (χ1n) is 8.58. The molecule has 0 amide bonds. The standard InChI is InChI=1S/C18H19ClN4O5/c19-9-1-2-10(8(5-9)6-24)12(25)15-13(26)14(27)18(28-15)23-4-3-11-16(20)21-7-22-17(11)23/h1-5,7,12-15,18,24-27H,6H2,(H2,20,21,22). The van der Waals surface area contributed by atoms with Gasteiger partial charge in [-0.2, -0.15) is 0 Å². The topological polar surface area (TPSA) is 147 Å². The van der Waals surface area contributed by atoms with Crippen LogP contribution in [-0.4, -0.2) is 53.3 Å². The van der Waals surface area contributed by atoms with Crippen LogP contribution in [-0.2, 0) is 11.3 Å². The minimum atomic E-state index is -1.38. The average Bonchev–Trinajstić information content (AvgIpc) is 3.24. The molecule has 2 aromatic heterocycles. The van der Waals surface area contributed by atoms with E-state index in [2.05, 4.69) is 9.97 Å². The van der Waals surface area contributed by atoms with Gasteiger partial charge < -0.3 is 35.5 Å². The van der Waals surface area contributed by atoms with Crippen molar-refractivity contribution in [3.8, 4) is 0 Å². The molecule has 0 aliphatic carbocycles. The third-order valence-electron chi connectivity index (χ3n) is 4.99. The molecule has 1 aliphatic heterocycles. The van der Waals surface area contributed by atoms with Crippen molar-refractivity contribution in [2.24, 2.45) is 0 Å². The predicted octanol–water partition coefficient (Wildman–Crippen LogP) is 0.512. The van der Waals surface area contributed by atoms with E-state index in [9.17, 15) is 20.4 Å². The number of fused-ring (bicyclic) bond motifs is 1. The molecular weight excluding hydrogens is 388 g/mol. The van der Waals surface area contributed by atoms with E-state index < -0.39 is 30.6 Å². The average molecular weight is 407 g/mol. The monoisotopic (exact) mass is 406 g/mol. The van der Waals surface area contributed by atoms with Crippen LogP contribution in [0.4, 0.5) is 5.82 Å². The fourth-order valence-electron chi connectivity index (χ4n) is 3.55. The molecule has 28 heavy (non-hydrogen) atoms. The number of anilines is 1. The second-order valence-corrected chi connectivity index (χ2v) is 7.07. The van der Waals surface area contributed by atoms with Gasteiger partial charge in [-0.05, 0) is 29.3 Å². The number of nitrogens with zero attached hydrogens (tertiary/aromatic N) is 3. The molecule has 3 aromatic rings. The van der Waals surface area contributed by atoms with Crippen LogP contribution >= 0.6 is 11.6 Å². The molecule has 5 unspecified atom stereocenters. The Morgan fingerprint density at radius 1 is 1.21 bits per heavy atom. The van der Waals surface area contributed by atoms with Crippen molar-refractivity contribution in [1.29, 1.82) is 0 Å². The summed E-state index contributed by atoms with van der Waals surface area (Å²) in [5.41, 5.74) is 7.02. The van der Waals surface area contributed by atoms with E-state index in [1.165, 1.54) is 17.0 Å². The van der Waals surface area contributed by atoms with Crippen LogP contribution in [0.15, 0.2) is 36.8 Å². The van der Waals surface area contributed by atoms with Crippen molar-refractivity contribution in [2.45, 2.75) is 37.3 Å². The molecule has 5 atom stereocenters. The number of nitrogen functional groups attached to an aromatic ring is 1. The maximum atomic E-state index is 10.8. The van der Waals surface area contributed by atoms with Gasteiger partial charge in [-0.3, -0.25) is 0 Å². The van der Waals surface area contributed by atoms with E-state index in [4.69, 9.17) is 22.1 Å². The molecule has 1 fully saturated rings. The number of ether oxygens (including phenoxy) is 1. The van der Waals surface area contributed by atoms with Crippen LogP contribution in [0.5, 0.6) is 0 Å². The summed E-state index contributed by atoms with van der Waals surface area (Å²) in [7, 11) is 0. The highest BCUT2D eigenvalue weighted by molar-refractivity contribution is 6.30. The fraction of sp³-hybridized carbons (Fsp3) is 0.333. The molecule has 10 heteroatoms. The smallest absolute Gasteiger partial charge is 0.164 e. The molecule has 9 nitrogen and oxygen atoms in total. The summed E-state index contributed by atoms with van der Waals surface area (Å²) < 4.78 is 7.35. The van der Waals surface area contributed by atoms with Crippen molar-refractivity contribution < 1.29 is 25.2 Å². The Morgan fingerprint density at radius 2 is 2.00 bits per heavy atom. The largest absolute Gasteiger partial charge is 0.392 e. The molecule has 148 valence electrons. The lowest BCUT2D eigenvalue weighted by atomic mass is 9.95. The zero-order valence-electron chi connectivity index (χ0n) is 14.6. The van der Waals surface area contributed by atoms with Crippen LogP contribution in [0.3, 0.4) is 0 Å². The number of hydrogen-bond acceptors (Lipinski definition) is 8. The minimum absolute atomic E-state index is 0.280. The highest BCUT2D eigenvalue weighted by Crippen LogP contribution is 2.38. The number of aliphatic hydroxyl groups excluding tert-OH is 4. The molecule has 4 rings (SSSR count). The third-order valence-corrected chi connectivity index (χ3v) is 5.23. The van der Waals surface area contributed by atoms with E-state index in [1.54, 1.807) is 24.4 Å². The lowest BCUT2D eigenvalue weighted by molar-refractivity contribution is -0.0852. The van der Waals surface area contributed by atoms with Gasteiger partial charge in [0.25, 0.3) is 0 Å². The molecule has 3 heterocycles. The number of benzene rings is 1. The summed E-state index contributed by atoms with van der Waals surface area (Å²) in [5, 5.41) is 42.4. The van der Waals surface area contributed by atoms with Gasteiger partial charge >= 0.3 is 0 Å². The maximum absolute atomic E-state index is 10.8. The van der Waals surface area contributed by atoms with E-state index in [-0.39, 0.29) is 12.4 Å². The number of nitrogens with two attached hydrogens (primary N) is 1. The Kier molecular flexibility index (Phi) is 4.96. The molecule has 1 aromatic carbocycles. The number of aliphatic hydroxyl groups is 4. The van der Waals surface area contributed by atoms with Crippen LogP contribution in [0, 0.1) is 0 Å². The number of rotatable bonds is 4. The van der Waals surface area contributed by atoms with Crippen LogP contribution in [0.25, 0.3) is 11.0 Å². The van der Waals surface area contributed by atoms with Gasteiger partial charge in [0.05, 0.1) is 12.0 Å². The Labute approximate surface area is 164 Å². The minimum Gasteiger partial charge on any atom is -0.392 e. The fourth-order valence-corrected chi connectivity index (χ4v) is 3.74. The zero-order valence-corrected chi connectivity index (χ0v) is 15.3. The van der Waals surface area contributed by atoms with Gasteiger partial charge in [0, 0.05) is 11.2 Å². The van der Waals surface area contributed by atoms with Crippen molar-refractivity contribution in [3.05, 3.63) is 52.9 Å². The number of aromatic nitrogens is 3. The third kappa shape index (κ3) is 3.02. The van der Waals surface area contributed by atoms with E-state index in [1.807, 2.05) is 0 Å². The lowest BCUT2D eigenvalue weighted by Gasteiger charge is -2.23. The van der Waals surface area contributed by atoms with Crippen LogP contribution < -0.4 is 5.73 Å². The SMILES string of the molecule is Nc1ncnc2c1ccn2C1OC(C(O)c2ccc(Cl)cc2CO)C(O)C1O. The van der Waals surface area contributed by atoms with E-state index in [0.29, 0.717) is 27.2 Å². The summed E-state index contributed by atoms with van der Waals surface area (Å²) in [5.74, 6) is 0.280. The van der Waals surface area contributed by atoms with Crippen LogP contribution in [0.2, 0.25) is 5.02 Å². The van der Waals surface area contributed by atoms with E-state index in [0.717, 1.165) is 0 Å². The van der Waals surface area contributed by atoms with Crippen molar-refractivity contribution in [1.82, 2.24) is 14.5 Å². The molecule has 1 aliphatic rings. The van der Waals surface area contributed by atoms with Gasteiger partial charge in [0.2, 0.25) is 0 Å². The summed E-state index contributed by atoms with van der Waals surface area (Å²) >= 11 is 5.93. The number of halogens is 1. The first-order chi connectivity index (χ1) is 13.4. The van der Waals surface area contributed by atoms with E-state index >= 15 is 0 Å². The normalized spacial score (nSPS) is 26.0. The van der Waals surface area contributed by atoms with Gasteiger partial charge in [-0.15, -0.1) is 0 Å². The summed E-state index contributed by atoms with van der Waals surface area (Å²) in [6, 6.07) is 6.31. The highest BCUT2D eigenvalue weighted by Gasteiger charge is 2.47. The van der Waals surface area contributed by atoms with Gasteiger partial charge in [0.1, 0.15) is 42.2 Å². The van der Waals surface area contributed by atoms with Gasteiger partial charge in [-0.25, -0.2) is 9.97 Å².